The number of aliphatic hydroxyl groups excluding tert-OH is 2. The van der Waals surface area contributed by atoms with Gasteiger partial charge in [-0.2, -0.15) is 0 Å². The van der Waals surface area contributed by atoms with Crippen LogP contribution in [0.2, 0.25) is 0 Å². The maximum absolute atomic E-state index is 11.6. The molecule has 0 aliphatic carbocycles. The Balaban J connectivity index is 2.73. The topological polar surface area (TPSA) is 60.8 Å². The van der Waals surface area contributed by atoms with Crippen molar-refractivity contribution in [2.24, 2.45) is 5.92 Å². The molecular weight excluding hydrogens is 250 g/mol. The maximum Gasteiger partial charge on any atom is 0.223 e. The molecule has 14 heavy (non-hydrogen) atoms. The lowest BCUT2D eigenvalue weighted by Gasteiger charge is -2.35. The molecule has 0 aromatic carbocycles. The Morgan fingerprint density at radius 1 is 1.57 bits per heavy atom. The van der Waals surface area contributed by atoms with Gasteiger partial charge in [-0.25, -0.2) is 0 Å². The van der Waals surface area contributed by atoms with Crippen molar-refractivity contribution in [3.05, 3.63) is 0 Å². The first-order valence-electron chi connectivity index (χ1n) is 4.65. The highest BCUT2D eigenvalue weighted by atomic mass is 79.9. The van der Waals surface area contributed by atoms with Crippen molar-refractivity contribution in [2.75, 3.05) is 25.1 Å². The third-order valence-corrected chi connectivity index (χ3v) is 3.67. The Kier molecular flexibility index (Phi) is 3.92. The van der Waals surface area contributed by atoms with Crippen LogP contribution in [0.3, 0.4) is 0 Å². The molecule has 0 aromatic rings. The van der Waals surface area contributed by atoms with E-state index in [1.807, 2.05) is 0 Å². The van der Waals surface area contributed by atoms with Gasteiger partial charge in [-0.1, -0.05) is 15.9 Å². The largest absolute Gasteiger partial charge is 0.394 e. The zero-order chi connectivity index (χ0) is 10.8. The molecule has 1 rings (SSSR count). The lowest BCUT2D eigenvalue weighted by molar-refractivity contribution is -0.136. The standard InChI is InChI=1S/C9H16BrNO3/c1-9(5-12,6-13)11-4-7(3-10)2-8(11)14/h7,12-13H,2-6H2,1H3. The Morgan fingerprint density at radius 3 is 2.50 bits per heavy atom. The number of halogens is 1. The van der Waals surface area contributed by atoms with Crippen LogP contribution in [0.4, 0.5) is 0 Å². The summed E-state index contributed by atoms with van der Waals surface area (Å²) in [4.78, 5) is 13.2. The van der Waals surface area contributed by atoms with E-state index in [0.717, 1.165) is 5.33 Å². The molecule has 1 atom stereocenters. The Bertz CT molecular complexity index is 218. The summed E-state index contributed by atoms with van der Waals surface area (Å²) >= 11 is 3.34. The molecule has 1 unspecified atom stereocenters. The van der Waals surface area contributed by atoms with E-state index in [0.29, 0.717) is 18.9 Å². The van der Waals surface area contributed by atoms with E-state index in [2.05, 4.69) is 15.9 Å². The molecule has 4 nitrogen and oxygen atoms in total. The van der Waals surface area contributed by atoms with Crippen LogP contribution in [0, 0.1) is 5.92 Å². The smallest absolute Gasteiger partial charge is 0.223 e. The molecule has 0 bridgehead atoms. The third kappa shape index (κ3) is 2.10. The van der Waals surface area contributed by atoms with E-state index >= 15 is 0 Å². The number of carbonyl (C=O) groups is 1. The highest BCUT2D eigenvalue weighted by Gasteiger charge is 2.40. The molecule has 2 N–H and O–H groups in total. The number of likely N-dealkylation sites (tertiary alicyclic amines) is 1. The second-order valence-corrected chi connectivity index (χ2v) is 4.69. The quantitative estimate of drug-likeness (QED) is 0.703. The van der Waals surface area contributed by atoms with Crippen molar-refractivity contribution in [1.82, 2.24) is 4.90 Å². The SMILES string of the molecule is CC(CO)(CO)N1CC(CBr)CC1=O. The normalized spacial score (nSPS) is 23.3. The predicted octanol–water partition coefficient (Wildman–Crippen LogP) is -0.0269. The van der Waals surface area contributed by atoms with Gasteiger partial charge in [0, 0.05) is 18.3 Å². The Hall–Kier alpha value is -0.130. The molecule has 0 aromatic heterocycles. The molecule has 1 amide bonds. The van der Waals surface area contributed by atoms with Gasteiger partial charge in [-0.05, 0) is 12.8 Å². The van der Waals surface area contributed by atoms with Crippen LogP contribution in [-0.4, -0.2) is 51.6 Å². The van der Waals surface area contributed by atoms with Crippen molar-refractivity contribution >= 4 is 21.8 Å². The molecular formula is C9H16BrNO3. The van der Waals surface area contributed by atoms with Gasteiger partial charge in [0.25, 0.3) is 0 Å². The molecule has 0 radical (unpaired) electrons. The average Bonchev–Trinajstić information content (AvgIpc) is 2.59. The number of carbonyl (C=O) groups excluding carboxylic acids is 1. The van der Waals surface area contributed by atoms with Gasteiger partial charge in [0.1, 0.15) is 0 Å². The predicted molar refractivity (Wildman–Crippen MR) is 56.2 cm³/mol. The summed E-state index contributed by atoms with van der Waals surface area (Å²) in [5, 5.41) is 19.1. The van der Waals surface area contributed by atoms with Crippen LogP contribution in [-0.2, 0) is 4.79 Å². The van der Waals surface area contributed by atoms with E-state index in [9.17, 15) is 4.79 Å². The number of hydrogen-bond acceptors (Lipinski definition) is 3. The third-order valence-electron chi connectivity index (χ3n) is 2.76. The number of nitrogens with zero attached hydrogens (tertiary/aromatic N) is 1. The molecule has 82 valence electrons. The van der Waals surface area contributed by atoms with Crippen LogP contribution in [0.15, 0.2) is 0 Å². The first-order chi connectivity index (χ1) is 6.57. The summed E-state index contributed by atoms with van der Waals surface area (Å²) in [6.45, 7) is 1.90. The van der Waals surface area contributed by atoms with Crippen LogP contribution in [0.25, 0.3) is 0 Å². The second kappa shape index (κ2) is 4.59. The molecule has 5 heteroatoms. The van der Waals surface area contributed by atoms with E-state index in [1.54, 1.807) is 11.8 Å². The maximum atomic E-state index is 11.6. The lowest BCUT2D eigenvalue weighted by Crippen LogP contribution is -2.52. The summed E-state index contributed by atoms with van der Waals surface area (Å²) in [6.07, 6.45) is 0.501. The number of hydrogen-bond donors (Lipinski definition) is 2. The lowest BCUT2D eigenvalue weighted by atomic mass is 10.0. The first kappa shape index (κ1) is 11.9. The highest BCUT2D eigenvalue weighted by Crippen LogP contribution is 2.26. The first-order valence-corrected chi connectivity index (χ1v) is 5.77. The van der Waals surface area contributed by atoms with Crippen molar-refractivity contribution in [3.63, 3.8) is 0 Å². The minimum absolute atomic E-state index is 0.0139. The van der Waals surface area contributed by atoms with E-state index in [-0.39, 0.29) is 19.1 Å². The minimum atomic E-state index is -0.812. The van der Waals surface area contributed by atoms with Crippen molar-refractivity contribution in [1.29, 1.82) is 0 Å². The van der Waals surface area contributed by atoms with Crippen LogP contribution in [0.1, 0.15) is 13.3 Å². The van der Waals surface area contributed by atoms with E-state index in [4.69, 9.17) is 10.2 Å². The second-order valence-electron chi connectivity index (χ2n) is 4.04. The fourth-order valence-electron chi connectivity index (χ4n) is 1.63. The van der Waals surface area contributed by atoms with Crippen LogP contribution in [0.5, 0.6) is 0 Å². The van der Waals surface area contributed by atoms with Crippen molar-refractivity contribution < 1.29 is 15.0 Å². The summed E-state index contributed by atoms with van der Waals surface area (Å²) in [5.74, 6) is 0.306. The van der Waals surface area contributed by atoms with Gasteiger partial charge >= 0.3 is 0 Å². The van der Waals surface area contributed by atoms with Crippen molar-refractivity contribution in [2.45, 2.75) is 18.9 Å². The molecule has 1 saturated heterocycles. The zero-order valence-electron chi connectivity index (χ0n) is 8.24. The average molecular weight is 266 g/mol. The van der Waals surface area contributed by atoms with Gasteiger partial charge in [-0.15, -0.1) is 0 Å². The van der Waals surface area contributed by atoms with Gasteiger partial charge in [0.2, 0.25) is 5.91 Å². The number of rotatable bonds is 4. The van der Waals surface area contributed by atoms with Gasteiger partial charge < -0.3 is 15.1 Å². The molecule has 1 aliphatic heterocycles. The van der Waals surface area contributed by atoms with Crippen LogP contribution >= 0.6 is 15.9 Å². The molecule has 1 aliphatic rings. The molecule has 1 fully saturated rings. The van der Waals surface area contributed by atoms with Gasteiger partial charge in [0.15, 0.2) is 0 Å². The minimum Gasteiger partial charge on any atom is -0.394 e. The summed E-state index contributed by atoms with van der Waals surface area (Å²) in [6, 6.07) is 0. The Labute approximate surface area is 92.0 Å². The fourth-order valence-corrected chi connectivity index (χ4v) is 2.06. The van der Waals surface area contributed by atoms with Gasteiger partial charge in [0.05, 0.1) is 18.8 Å². The molecule has 0 spiro atoms. The summed E-state index contributed by atoms with van der Waals surface area (Å²) in [5.41, 5.74) is -0.812. The summed E-state index contributed by atoms with van der Waals surface area (Å²) in [7, 11) is 0. The molecule has 1 heterocycles. The zero-order valence-corrected chi connectivity index (χ0v) is 9.83. The van der Waals surface area contributed by atoms with E-state index < -0.39 is 5.54 Å². The monoisotopic (exact) mass is 265 g/mol. The van der Waals surface area contributed by atoms with Crippen LogP contribution < -0.4 is 0 Å². The molecule has 0 saturated carbocycles. The Morgan fingerprint density at radius 2 is 2.14 bits per heavy atom. The number of amides is 1. The fraction of sp³-hybridized carbons (Fsp3) is 0.889. The number of aliphatic hydroxyl groups is 2. The highest BCUT2D eigenvalue weighted by molar-refractivity contribution is 9.09. The van der Waals surface area contributed by atoms with Crippen molar-refractivity contribution in [3.8, 4) is 0 Å². The van der Waals surface area contributed by atoms with Gasteiger partial charge in [-0.3, -0.25) is 4.79 Å². The number of alkyl halides is 1. The van der Waals surface area contributed by atoms with E-state index in [1.165, 1.54) is 0 Å². The summed E-state index contributed by atoms with van der Waals surface area (Å²) < 4.78 is 0.